The summed E-state index contributed by atoms with van der Waals surface area (Å²) in [5.74, 6) is 4.67. The van der Waals surface area contributed by atoms with Gasteiger partial charge in [-0.25, -0.2) is 0 Å². The molecule has 0 bridgehead atoms. The Morgan fingerprint density at radius 1 is 0.812 bits per heavy atom. The zero-order valence-electron chi connectivity index (χ0n) is 22.4. The topological polar surface area (TPSA) is 20.2 Å². The molecule has 1 heteroatoms. The number of fused-ring (bicyclic) bond motifs is 7. The number of hydrogen-bond donors (Lipinski definition) is 1. The standard InChI is InChI=1S/C31H52O/c1-20(2)22-12-16-31(19-32)18-17-29(7)23(26(22)31)9-10-25-28(6)14-11-21(3)27(4,5)24(28)13-15-30(25,29)8/h21-26,32H,1,9-19H2,2-8H3/t21-,22?,23?,24?,25?,26?,28-,29+,30+,31+/m0/s1. The Morgan fingerprint density at radius 2 is 1.53 bits per heavy atom. The fourth-order valence-electron chi connectivity index (χ4n) is 11.7. The van der Waals surface area contributed by atoms with Crippen LogP contribution in [0.4, 0.5) is 0 Å². The Kier molecular flexibility index (Phi) is 5.21. The van der Waals surface area contributed by atoms with Crippen LogP contribution in [0.2, 0.25) is 0 Å². The van der Waals surface area contributed by atoms with Crippen LogP contribution in [0.15, 0.2) is 12.2 Å². The third-order valence-corrected chi connectivity index (χ3v) is 14.1. The Hall–Kier alpha value is -0.300. The van der Waals surface area contributed by atoms with Gasteiger partial charge < -0.3 is 5.11 Å². The van der Waals surface area contributed by atoms with Crippen LogP contribution >= 0.6 is 0 Å². The first-order valence-corrected chi connectivity index (χ1v) is 14.1. The van der Waals surface area contributed by atoms with Gasteiger partial charge >= 0.3 is 0 Å². The van der Waals surface area contributed by atoms with Crippen LogP contribution in [0.5, 0.6) is 0 Å². The van der Waals surface area contributed by atoms with E-state index in [4.69, 9.17) is 0 Å². The van der Waals surface area contributed by atoms with Crippen molar-refractivity contribution in [1.82, 2.24) is 0 Å². The maximum absolute atomic E-state index is 10.7. The minimum absolute atomic E-state index is 0.181. The van der Waals surface area contributed by atoms with Crippen LogP contribution in [0.1, 0.15) is 113 Å². The molecule has 0 aromatic carbocycles. The highest BCUT2D eigenvalue weighted by Gasteiger charge is 2.70. The molecular formula is C31H52O. The van der Waals surface area contributed by atoms with Crippen molar-refractivity contribution in [2.45, 2.75) is 113 Å². The lowest BCUT2D eigenvalue weighted by Crippen LogP contribution is -2.66. The third kappa shape index (κ3) is 2.67. The SMILES string of the molecule is C=C(C)C1CC[C@]2(CO)CC[C@]3(C)C(CCC4[C@@]5(C)CC[C@H](C)C(C)(C)C5CC[C@]43C)C12. The zero-order valence-corrected chi connectivity index (χ0v) is 22.4. The van der Waals surface area contributed by atoms with E-state index in [0.717, 1.165) is 23.7 Å². The molecule has 0 radical (unpaired) electrons. The summed E-state index contributed by atoms with van der Waals surface area (Å²) in [6.07, 6.45) is 13.6. The molecule has 10 atom stereocenters. The van der Waals surface area contributed by atoms with Gasteiger partial charge in [0.1, 0.15) is 0 Å². The summed E-state index contributed by atoms with van der Waals surface area (Å²) in [6.45, 7) is 23.1. The number of aliphatic hydroxyl groups is 1. The molecule has 5 unspecified atom stereocenters. The summed E-state index contributed by atoms with van der Waals surface area (Å²) in [5, 5.41) is 10.7. The molecule has 5 aliphatic rings. The minimum Gasteiger partial charge on any atom is -0.396 e. The first-order chi connectivity index (χ1) is 14.9. The van der Waals surface area contributed by atoms with Crippen molar-refractivity contribution >= 4 is 0 Å². The monoisotopic (exact) mass is 440 g/mol. The molecule has 5 saturated carbocycles. The molecule has 0 spiro atoms. The van der Waals surface area contributed by atoms with Gasteiger partial charge in [0.05, 0.1) is 0 Å². The van der Waals surface area contributed by atoms with Crippen molar-refractivity contribution in [3.05, 3.63) is 12.2 Å². The maximum atomic E-state index is 10.7. The van der Waals surface area contributed by atoms with E-state index in [0.29, 0.717) is 40.1 Å². The molecule has 5 rings (SSSR count). The van der Waals surface area contributed by atoms with E-state index in [1.165, 1.54) is 69.8 Å². The molecule has 0 aliphatic heterocycles. The van der Waals surface area contributed by atoms with Crippen molar-refractivity contribution in [1.29, 1.82) is 0 Å². The summed E-state index contributed by atoms with van der Waals surface area (Å²) in [7, 11) is 0. The second-order valence-corrected chi connectivity index (χ2v) is 15.0. The average molecular weight is 441 g/mol. The number of allylic oxidation sites excluding steroid dienone is 1. The predicted molar refractivity (Wildman–Crippen MR) is 135 cm³/mol. The smallest absolute Gasteiger partial charge is 0.0490 e. The van der Waals surface area contributed by atoms with Gasteiger partial charge in [0.25, 0.3) is 0 Å². The second-order valence-electron chi connectivity index (χ2n) is 15.0. The number of aliphatic hydroxyl groups excluding tert-OH is 1. The van der Waals surface area contributed by atoms with Crippen LogP contribution in [0.25, 0.3) is 0 Å². The molecule has 32 heavy (non-hydrogen) atoms. The van der Waals surface area contributed by atoms with Gasteiger partial charge in [-0.1, -0.05) is 53.7 Å². The molecule has 5 aliphatic carbocycles. The molecule has 1 nitrogen and oxygen atoms in total. The van der Waals surface area contributed by atoms with E-state index in [2.05, 4.69) is 55.0 Å². The van der Waals surface area contributed by atoms with Gasteiger partial charge in [-0.3, -0.25) is 0 Å². The van der Waals surface area contributed by atoms with Crippen LogP contribution in [0.3, 0.4) is 0 Å². The van der Waals surface area contributed by atoms with Gasteiger partial charge in [0.2, 0.25) is 0 Å². The van der Waals surface area contributed by atoms with Crippen LogP contribution in [0, 0.1) is 62.6 Å². The van der Waals surface area contributed by atoms with E-state index in [1.807, 2.05) is 0 Å². The molecule has 1 N–H and O–H groups in total. The second kappa shape index (κ2) is 7.11. The first-order valence-electron chi connectivity index (χ1n) is 14.1. The zero-order chi connectivity index (χ0) is 23.3. The molecular weight excluding hydrogens is 388 g/mol. The Labute approximate surface area is 199 Å². The molecule has 0 aromatic heterocycles. The van der Waals surface area contributed by atoms with Crippen LogP contribution in [-0.4, -0.2) is 11.7 Å². The fourth-order valence-corrected chi connectivity index (χ4v) is 11.7. The van der Waals surface area contributed by atoms with Gasteiger partial charge in [-0.05, 0) is 134 Å². The van der Waals surface area contributed by atoms with Crippen molar-refractivity contribution < 1.29 is 5.11 Å². The minimum atomic E-state index is 0.181. The third-order valence-electron chi connectivity index (χ3n) is 14.1. The number of rotatable bonds is 2. The number of hydrogen-bond acceptors (Lipinski definition) is 1. The van der Waals surface area contributed by atoms with E-state index in [9.17, 15) is 5.11 Å². The summed E-state index contributed by atoms with van der Waals surface area (Å²) in [5.41, 5.74) is 3.41. The summed E-state index contributed by atoms with van der Waals surface area (Å²) < 4.78 is 0. The summed E-state index contributed by atoms with van der Waals surface area (Å²) >= 11 is 0. The average Bonchev–Trinajstić information content (AvgIpc) is 3.12. The highest BCUT2D eigenvalue weighted by molar-refractivity contribution is 5.21. The summed E-state index contributed by atoms with van der Waals surface area (Å²) in [6, 6.07) is 0. The fraction of sp³-hybridized carbons (Fsp3) is 0.935. The van der Waals surface area contributed by atoms with E-state index in [1.54, 1.807) is 0 Å². The highest BCUT2D eigenvalue weighted by Crippen LogP contribution is 2.77. The predicted octanol–water partition coefficient (Wildman–Crippen LogP) is 8.27. The Balaban J connectivity index is 1.55. The molecule has 0 saturated heterocycles. The van der Waals surface area contributed by atoms with Gasteiger partial charge in [0, 0.05) is 6.61 Å². The lowest BCUT2D eigenvalue weighted by atomic mass is 9.32. The maximum Gasteiger partial charge on any atom is 0.0490 e. The largest absolute Gasteiger partial charge is 0.396 e. The van der Waals surface area contributed by atoms with Gasteiger partial charge in [-0.2, -0.15) is 0 Å². The quantitative estimate of drug-likeness (QED) is 0.428. The molecule has 0 amide bonds. The lowest BCUT2D eigenvalue weighted by Gasteiger charge is -2.73. The molecule has 0 aromatic rings. The van der Waals surface area contributed by atoms with E-state index < -0.39 is 0 Å². The van der Waals surface area contributed by atoms with Crippen molar-refractivity contribution in [2.75, 3.05) is 6.61 Å². The Bertz CT molecular complexity index is 781. The van der Waals surface area contributed by atoms with Crippen LogP contribution < -0.4 is 0 Å². The van der Waals surface area contributed by atoms with E-state index >= 15 is 0 Å². The molecule has 5 fully saturated rings. The molecule has 0 heterocycles. The van der Waals surface area contributed by atoms with Gasteiger partial charge in [0.15, 0.2) is 0 Å². The van der Waals surface area contributed by atoms with Crippen molar-refractivity contribution in [3.8, 4) is 0 Å². The first kappa shape index (κ1) is 23.4. The summed E-state index contributed by atoms with van der Waals surface area (Å²) in [4.78, 5) is 0. The van der Waals surface area contributed by atoms with Gasteiger partial charge in [-0.15, -0.1) is 0 Å². The molecule has 182 valence electrons. The van der Waals surface area contributed by atoms with E-state index in [-0.39, 0.29) is 5.41 Å². The lowest BCUT2D eigenvalue weighted by molar-refractivity contribution is -0.243. The normalized spacial score (nSPS) is 56.5. The Morgan fingerprint density at radius 3 is 2.19 bits per heavy atom. The van der Waals surface area contributed by atoms with Crippen molar-refractivity contribution in [3.63, 3.8) is 0 Å². The van der Waals surface area contributed by atoms with Crippen molar-refractivity contribution in [2.24, 2.45) is 62.6 Å². The van der Waals surface area contributed by atoms with Crippen LogP contribution in [-0.2, 0) is 0 Å². The highest BCUT2D eigenvalue weighted by atomic mass is 16.3.